The molecule has 3 rings (SSSR count). The Morgan fingerprint density at radius 2 is 1.85 bits per heavy atom. The van der Waals surface area contributed by atoms with Gasteiger partial charge in [0, 0.05) is 19.3 Å². The summed E-state index contributed by atoms with van der Waals surface area (Å²) in [5.41, 5.74) is 0.522. The zero-order valence-electron chi connectivity index (χ0n) is 10.9. The molecule has 0 aliphatic carbocycles. The van der Waals surface area contributed by atoms with Gasteiger partial charge in [-0.2, -0.15) is 0 Å². The van der Waals surface area contributed by atoms with E-state index >= 15 is 0 Å². The molecule has 0 unspecified atom stereocenters. The minimum absolute atomic E-state index is 0.00518. The van der Waals surface area contributed by atoms with Gasteiger partial charge < -0.3 is 4.90 Å². The fourth-order valence-electron chi connectivity index (χ4n) is 2.33. The average Bonchev–Trinajstić information content (AvgIpc) is 3.01. The van der Waals surface area contributed by atoms with Crippen LogP contribution in [0.25, 0.3) is 5.82 Å². The lowest BCUT2D eigenvalue weighted by Crippen LogP contribution is -2.35. The number of amides is 1. The van der Waals surface area contributed by atoms with Gasteiger partial charge in [0.15, 0.2) is 5.82 Å². The first-order valence-corrected chi connectivity index (χ1v) is 6.93. The number of halogens is 1. The van der Waals surface area contributed by atoms with Gasteiger partial charge in [0.25, 0.3) is 5.91 Å². The van der Waals surface area contributed by atoms with E-state index in [1.54, 1.807) is 16.8 Å². The highest BCUT2D eigenvalue weighted by molar-refractivity contribution is 6.32. The zero-order valence-corrected chi connectivity index (χ0v) is 11.6. The minimum Gasteiger partial charge on any atom is -0.339 e. The van der Waals surface area contributed by atoms with Crippen molar-refractivity contribution in [1.82, 2.24) is 24.6 Å². The van der Waals surface area contributed by atoms with Crippen molar-refractivity contribution in [2.75, 3.05) is 13.1 Å². The molecule has 0 spiro atoms. The monoisotopic (exact) mass is 291 g/mol. The fourth-order valence-corrected chi connectivity index (χ4v) is 2.59. The summed E-state index contributed by atoms with van der Waals surface area (Å²) in [7, 11) is 0. The fraction of sp³-hybridized carbons (Fsp3) is 0.385. The van der Waals surface area contributed by atoms with Crippen LogP contribution in [0.15, 0.2) is 24.9 Å². The molecule has 1 fully saturated rings. The van der Waals surface area contributed by atoms with E-state index in [0.29, 0.717) is 16.4 Å². The summed E-state index contributed by atoms with van der Waals surface area (Å²) in [4.78, 5) is 18.4. The van der Waals surface area contributed by atoms with Gasteiger partial charge in [-0.1, -0.05) is 11.6 Å². The molecule has 0 radical (unpaired) electrons. The van der Waals surface area contributed by atoms with Crippen LogP contribution in [0.5, 0.6) is 0 Å². The van der Waals surface area contributed by atoms with E-state index in [1.165, 1.54) is 19.1 Å². The Morgan fingerprint density at radius 3 is 2.50 bits per heavy atom. The van der Waals surface area contributed by atoms with Gasteiger partial charge in [0.05, 0.1) is 10.6 Å². The van der Waals surface area contributed by atoms with Crippen molar-refractivity contribution in [3.8, 4) is 5.82 Å². The molecule has 0 aromatic carbocycles. The quantitative estimate of drug-likeness (QED) is 0.848. The minimum atomic E-state index is -0.00518. The largest absolute Gasteiger partial charge is 0.339 e. The van der Waals surface area contributed by atoms with E-state index in [0.717, 1.165) is 25.9 Å². The number of piperidine rings is 1. The summed E-state index contributed by atoms with van der Waals surface area (Å²) in [5.74, 6) is 0.515. The van der Waals surface area contributed by atoms with Crippen LogP contribution in [0.4, 0.5) is 0 Å². The molecule has 1 saturated heterocycles. The number of nitrogens with zero attached hydrogens (tertiary/aromatic N) is 5. The van der Waals surface area contributed by atoms with E-state index in [1.807, 2.05) is 4.90 Å². The van der Waals surface area contributed by atoms with Crippen LogP contribution in [0.2, 0.25) is 5.02 Å². The Labute approximate surface area is 121 Å². The maximum atomic E-state index is 12.3. The second-order valence-corrected chi connectivity index (χ2v) is 5.16. The Bertz CT molecular complexity index is 607. The first kappa shape index (κ1) is 13.1. The van der Waals surface area contributed by atoms with Crippen molar-refractivity contribution in [2.24, 2.45) is 0 Å². The molecule has 1 amide bonds. The molecular weight excluding hydrogens is 278 g/mol. The molecule has 0 atom stereocenters. The normalized spacial score (nSPS) is 15.3. The van der Waals surface area contributed by atoms with Crippen molar-refractivity contribution >= 4 is 17.5 Å². The summed E-state index contributed by atoms with van der Waals surface area (Å²) in [6.45, 7) is 1.62. The molecule has 0 N–H and O–H groups in total. The number of carbonyl (C=O) groups excluding carboxylic acids is 1. The molecule has 7 heteroatoms. The molecule has 2 aromatic heterocycles. The van der Waals surface area contributed by atoms with Crippen LogP contribution in [0, 0.1) is 0 Å². The first-order valence-electron chi connectivity index (χ1n) is 6.55. The highest BCUT2D eigenvalue weighted by atomic mass is 35.5. The second-order valence-electron chi connectivity index (χ2n) is 4.75. The van der Waals surface area contributed by atoms with Crippen LogP contribution < -0.4 is 0 Å². The van der Waals surface area contributed by atoms with Gasteiger partial charge >= 0.3 is 0 Å². The summed E-state index contributed by atoms with van der Waals surface area (Å²) in [5, 5.41) is 7.83. The number of hydrogen-bond donors (Lipinski definition) is 0. The molecule has 104 valence electrons. The highest BCUT2D eigenvalue weighted by Crippen LogP contribution is 2.20. The second kappa shape index (κ2) is 5.58. The van der Waals surface area contributed by atoms with E-state index in [2.05, 4.69) is 15.2 Å². The van der Waals surface area contributed by atoms with E-state index in [4.69, 9.17) is 11.6 Å². The van der Waals surface area contributed by atoms with Gasteiger partial charge in [-0.3, -0.25) is 9.36 Å². The Kier molecular flexibility index (Phi) is 3.64. The summed E-state index contributed by atoms with van der Waals surface area (Å²) in [6, 6.07) is 1.65. The van der Waals surface area contributed by atoms with E-state index < -0.39 is 0 Å². The number of aromatic nitrogens is 4. The van der Waals surface area contributed by atoms with Gasteiger partial charge in [-0.05, 0) is 25.3 Å². The molecule has 0 bridgehead atoms. The SMILES string of the molecule is O=C(c1cnc(-n2cnnc2)c(Cl)c1)N1CCCCC1. The predicted octanol–water partition coefficient (Wildman–Crippen LogP) is 1.94. The van der Waals surface area contributed by atoms with Gasteiger partial charge in [-0.25, -0.2) is 4.98 Å². The van der Waals surface area contributed by atoms with Crippen LogP contribution in [0.1, 0.15) is 29.6 Å². The van der Waals surface area contributed by atoms with E-state index in [-0.39, 0.29) is 5.91 Å². The van der Waals surface area contributed by atoms with Crippen molar-refractivity contribution < 1.29 is 4.79 Å². The number of rotatable bonds is 2. The van der Waals surface area contributed by atoms with E-state index in [9.17, 15) is 4.79 Å². The van der Waals surface area contributed by atoms with Crippen molar-refractivity contribution in [2.45, 2.75) is 19.3 Å². The lowest BCUT2D eigenvalue weighted by molar-refractivity contribution is 0.0724. The van der Waals surface area contributed by atoms with Gasteiger partial charge in [0.1, 0.15) is 12.7 Å². The smallest absolute Gasteiger partial charge is 0.255 e. The number of likely N-dealkylation sites (tertiary alicyclic amines) is 1. The number of carbonyl (C=O) groups is 1. The molecule has 6 nitrogen and oxygen atoms in total. The third-order valence-corrected chi connectivity index (χ3v) is 3.65. The maximum absolute atomic E-state index is 12.3. The van der Waals surface area contributed by atoms with Crippen LogP contribution in [0.3, 0.4) is 0 Å². The Hall–Kier alpha value is -1.95. The molecule has 0 saturated carbocycles. The summed E-state index contributed by atoms with van der Waals surface area (Å²) < 4.78 is 1.61. The molecular formula is C13H14ClN5O. The van der Waals surface area contributed by atoms with Crippen molar-refractivity contribution in [3.05, 3.63) is 35.5 Å². The Balaban J connectivity index is 1.84. The van der Waals surface area contributed by atoms with Crippen LogP contribution >= 0.6 is 11.6 Å². The van der Waals surface area contributed by atoms with Crippen molar-refractivity contribution in [1.29, 1.82) is 0 Å². The van der Waals surface area contributed by atoms with Gasteiger partial charge in [-0.15, -0.1) is 10.2 Å². The highest BCUT2D eigenvalue weighted by Gasteiger charge is 2.19. The summed E-state index contributed by atoms with van der Waals surface area (Å²) >= 11 is 6.19. The van der Waals surface area contributed by atoms with Gasteiger partial charge in [0.2, 0.25) is 0 Å². The maximum Gasteiger partial charge on any atom is 0.255 e. The zero-order chi connectivity index (χ0) is 13.9. The third-order valence-electron chi connectivity index (χ3n) is 3.38. The van der Waals surface area contributed by atoms with Crippen LogP contribution in [-0.4, -0.2) is 43.6 Å². The van der Waals surface area contributed by atoms with Crippen LogP contribution in [-0.2, 0) is 0 Å². The molecule has 3 heterocycles. The Morgan fingerprint density at radius 1 is 1.15 bits per heavy atom. The number of pyridine rings is 1. The molecule has 1 aliphatic heterocycles. The molecule has 20 heavy (non-hydrogen) atoms. The number of hydrogen-bond acceptors (Lipinski definition) is 4. The third kappa shape index (κ3) is 2.51. The standard InChI is InChI=1S/C13H14ClN5O/c14-11-6-10(13(20)18-4-2-1-3-5-18)7-15-12(11)19-8-16-17-9-19/h6-9H,1-5H2. The molecule has 2 aromatic rings. The molecule has 1 aliphatic rings. The summed E-state index contributed by atoms with van der Waals surface area (Å²) in [6.07, 6.45) is 7.89. The first-order chi connectivity index (χ1) is 9.75. The average molecular weight is 292 g/mol. The lowest BCUT2D eigenvalue weighted by atomic mass is 10.1. The van der Waals surface area contributed by atoms with Crippen molar-refractivity contribution in [3.63, 3.8) is 0 Å². The lowest BCUT2D eigenvalue weighted by Gasteiger charge is -2.26. The topological polar surface area (TPSA) is 63.9 Å². The predicted molar refractivity (Wildman–Crippen MR) is 73.9 cm³/mol.